The number of likely N-dealkylation sites (tertiary alicyclic amines) is 1. The highest BCUT2D eigenvalue weighted by Gasteiger charge is 2.27. The first-order chi connectivity index (χ1) is 12.3. The van der Waals surface area contributed by atoms with E-state index in [1.807, 2.05) is 25.8 Å². The molecule has 0 aliphatic carbocycles. The summed E-state index contributed by atoms with van der Waals surface area (Å²) >= 11 is 0. The number of carbonyl (C=O) groups is 1. The van der Waals surface area contributed by atoms with Crippen LogP contribution in [0.2, 0.25) is 0 Å². The number of aryl methyl sites for hydroxylation is 2. The van der Waals surface area contributed by atoms with Gasteiger partial charge in [0.1, 0.15) is 6.04 Å². The first kappa shape index (κ1) is 18.4. The smallest absolute Gasteiger partial charge is 0.267 e. The molecule has 2 unspecified atom stereocenters. The van der Waals surface area contributed by atoms with E-state index in [-0.39, 0.29) is 11.5 Å². The van der Waals surface area contributed by atoms with Crippen LogP contribution in [0.4, 0.5) is 0 Å². The molecule has 2 atom stereocenters. The molecule has 7 nitrogen and oxygen atoms in total. The lowest BCUT2D eigenvalue weighted by Gasteiger charge is -2.32. The van der Waals surface area contributed by atoms with Gasteiger partial charge in [0, 0.05) is 37.5 Å². The third kappa shape index (κ3) is 3.30. The van der Waals surface area contributed by atoms with Gasteiger partial charge in [-0.15, -0.1) is 0 Å². The monoisotopic (exact) mass is 357 g/mol. The lowest BCUT2D eigenvalue weighted by atomic mass is 10.00. The van der Waals surface area contributed by atoms with Crippen LogP contribution in [0.15, 0.2) is 16.9 Å². The van der Waals surface area contributed by atoms with Crippen molar-refractivity contribution >= 4 is 5.91 Å². The van der Waals surface area contributed by atoms with Gasteiger partial charge in [0.05, 0.1) is 11.4 Å². The lowest BCUT2D eigenvalue weighted by molar-refractivity contribution is -0.136. The highest BCUT2D eigenvalue weighted by atomic mass is 16.2. The van der Waals surface area contributed by atoms with Gasteiger partial charge < -0.3 is 4.90 Å². The number of aromatic nitrogens is 4. The number of rotatable bonds is 3. The quantitative estimate of drug-likeness (QED) is 0.843. The van der Waals surface area contributed by atoms with Gasteiger partial charge in [-0.1, -0.05) is 6.92 Å². The van der Waals surface area contributed by atoms with Crippen molar-refractivity contribution in [3.05, 3.63) is 33.9 Å². The van der Waals surface area contributed by atoms with E-state index in [2.05, 4.69) is 17.1 Å². The summed E-state index contributed by atoms with van der Waals surface area (Å²) in [5, 5.41) is 8.93. The molecule has 0 radical (unpaired) electrons. The molecule has 2 aromatic rings. The summed E-state index contributed by atoms with van der Waals surface area (Å²) in [7, 11) is 1.88. The second kappa shape index (κ2) is 7.05. The molecule has 3 rings (SSSR count). The first-order valence-electron chi connectivity index (χ1n) is 9.18. The van der Waals surface area contributed by atoms with Crippen molar-refractivity contribution in [2.24, 2.45) is 13.0 Å². The second-order valence-corrected chi connectivity index (χ2v) is 7.38. The summed E-state index contributed by atoms with van der Waals surface area (Å²) in [4.78, 5) is 27.1. The fraction of sp³-hybridized carbons (Fsp3) is 0.579. The molecule has 1 aliphatic heterocycles. The van der Waals surface area contributed by atoms with Crippen LogP contribution in [0.1, 0.15) is 44.1 Å². The van der Waals surface area contributed by atoms with Crippen molar-refractivity contribution in [3.63, 3.8) is 0 Å². The van der Waals surface area contributed by atoms with E-state index in [1.165, 1.54) is 10.7 Å². The Morgan fingerprint density at radius 1 is 1.27 bits per heavy atom. The highest BCUT2D eigenvalue weighted by molar-refractivity contribution is 5.80. The van der Waals surface area contributed by atoms with Crippen molar-refractivity contribution in [2.45, 2.75) is 46.6 Å². The number of piperidine rings is 1. The molecule has 1 amide bonds. The second-order valence-electron chi connectivity index (χ2n) is 7.38. The van der Waals surface area contributed by atoms with Gasteiger partial charge >= 0.3 is 0 Å². The molecule has 0 bridgehead atoms. The largest absolute Gasteiger partial charge is 0.341 e. The molecule has 0 N–H and O–H groups in total. The Balaban J connectivity index is 1.95. The van der Waals surface area contributed by atoms with Gasteiger partial charge in [0.15, 0.2) is 0 Å². The Hall–Kier alpha value is -2.44. The molecule has 0 spiro atoms. The van der Waals surface area contributed by atoms with E-state index in [4.69, 9.17) is 0 Å². The number of hydrogen-bond acceptors (Lipinski definition) is 4. The minimum absolute atomic E-state index is 0.0390. The zero-order valence-electron chi connectivity index (χ0n) is 16.2. The summed E-state index contributed by atoms with van der Waals surface area (Å²) in [6, 6.07) is 2.57. The molecule has 26 heavy (non-hydrogen) atoms. The topological polar surface area (TPSA) is 73.0 Å². The number of hydrogen-bond donors (Lipinski definition) is 0. The zero-order chi connectivity index (χ0) is 19.0. The SMILES string of the molecule is Cc1nn(C)c(C)c1-c1ccc(=O)n(C(C)C(=O)N2CCCC(C)C2)n1. The van der Waals surface area contributed by atoms with Crippen LogP contribution < -0.4 is 5.56 Å². The maximum Gasteiger partial charge on any atom is 0.267 e. The Morgan fingerprint density at radius 3 is 2.62 bits per heavy atom. The van der Waals surface area contributed by atoms with Crippen LogP contribution in [0.5, 0.6) is 0 Å². The highest BCUT2D eigenvalue weighted by Crippen LogP contribution is 2.24. The van der Waals surface area contributed by atoms with Crippen molar-refractivity contribution < 1.29 is 4.79 Å². The maximum atomic E-state index is 12.9. The van der Waals surface area contributed by atoms with E-state index in [9.17, 15) is 9.59 Å². The molecule has 1 aliphatic rings. The van der Waals surface area contributed by atoms with Crippen LogP contribution in [0, 0.1) is 19.8 Å². The molecule has 0 aromatic carbocycles. The van der Waals surface area contributed by atoms with Crippen molar-refractivity contribution in [1.82, 2.24) is 24.5 Å². The van der Waals surface area contributed by atoms with Gasteiger partial charge in [0.2, 0.25) is 5.91 Å². The maximum absolute atomic E-state index is 12.9. The average Bonchev–Trinajstić information content (AvgIpc) is 2.86. The fourth-order valence-electron chi connectivity index (χ4n) is 3.74. The molecule has 3 heterocycles. The van der Waals surface area contributed by atoms with Crippen LogP contribution >= 0.6 is 0 Å². The Bertz CT molecular complexity index is 883. The van der Waals surface area contributed by atoms with E-state index in [1.54, 1.807) is 17.7 Å². The molecule has 140 valence electrons. The Labute approximate surface area is 153 Å². The Kier molecular flexibility index (Phi) is 4.98. The van der Waals surface area contributed by atoms with E-state index in [0.717, 1.165) is 42.9 Å². The van der Waals surface area contributed by atoms with Gasteiger partial charge in [0.25, 0.3) is 5.56 Å². The summed E-state index contributed by atoms with van der Waals surface area (Å²) in [5.74, 6) is 0.458. The van der Waals surface area contributed by atoms with Crippen LogP contribution in [0.25, 0.3) is 11.3 Å². The lowest BCUT2D eigenvalue weighted by Crippen LogP contribution is -2.44. The number of amides is 1. The molecule has 7 heteroatoms. The average molecular weight is 357 g/mol. The zero-order valence-corrected chi connectivity index (χ0v) is 16.2. The minimum atomic E-state index is -0.620. The molecule has 1 fully saturated rings. The Morgan fingerprint density at radius 2 is 2.00 bits per heavy atom. The van der Waals surface area contributed by atoms with Gasteiger partial charge in [-0.3, -0.25) is 14.3 Å². The summed E-state index contributed by atoms with van der Waals surface area (Å²) in [6.45, 7) is 9.30. The third-order valence-electron chi connectivity index (χ3n) is 5.28. The van der Waals surface area contributed by atoms with E-state index < -0.39 is 6.04 Å². The normalized spacial score (nSPS) is 18.8. The molecular weight excluding hydrogens is 330 g/mol. The van der Waals surface area contributed by atoms with E-state index >= 15 is 0 Å². The predicted molar refractivity (Wildman–Crippen MR) is 99.9 cm³/mol. The third-order valence-corrected chi connectivity index (χ3v) is 5.28. The summed E-state index contributed by atoms with van der Waals surface area (Å²) in [5.41, 5.74) is 3.14. The van der Waals surface area contributed by atoms with Crippen LogP contribution in [-0.2, 0) is 11.8 Å². The number of nitrogens with zero attached hydrogens (tertiary/aromatic N) is 5. The van der Waals surface area contributed by atoms with Crippen LogP contribution in [0.3, 0.4) is 0 Å². The number of carbonyl (C=O) groups excluding carboxylic acids is 1. The van der Waals surface area contributed by atoms with Crippen LogP contribution in [-0.4, -0.2) is 43.5 Å². The van der Waals surface area contributed by atoms with E-state index in [0.29, 0.717) is 11.6 Å². The van der Waals surface area contributed by atoms with Gasteiger partial charge in [-0.25, -0.2) is 4.68 Å². The first-order valence-corrected chi connectivity index (χ1v) is 9.18. The fourth-order valence-corrected chi connectivity index (χ4v) is 3.74. The molecule has 0 saturated carbocycles. The molecule has 2 aromatic heterocycles. The van der Waals surface area contributed by atoms with Gasteiger partial charge in [-0.05, 0) is 45.6 Å². The predicted octanol–water partition coefficient (Wildman–Crippen LogP) is 2.08. The minimum Gasteiger partial charge on any atom is -0.341 e. The van der Waals surface area contributed by atoms with Gasteiger partial charge in [-0.2, -0.15) is 10.2 Å². The summed E-state index contributed by atoms with van der Waals surface area (Å²) in [6.07, 6.45) is 2.15. The van der Waals surface area contributed by atoms with Crippen molar-refractivity contribution in [2.75, 3.05) is 13.1 Å². The van der Waals surface area contributed by atoms with Crippen molar-refractivity contribution in [1.29, 1.82) is 0 Å². The molecular formula is C19H27N5O2. The molecule has 1 saturated heterocycles. The standard InChI is InChI=1S/C19H27N5O2/c1-12-7-6-10-23(11-12)19(26)15(4)24-17(25)9-8-16(21-24)18-13(2)20-22(5)14(18)3/h8-9,12,15H,6-7,10-11H2,1-5H3. The summed E-state index contributed by atoms with van der Waals surface area (Å²) < 4.78 is 3.11. The van der Waals surface area contributed by atoms with Crippen molar-refractivity contribution in [3.8, 4) is 11.3 Å².